The van der Waals surface area contributed by atoms with E-state index in [1.54, 1.807) is 6.34 Å². The van der Waals surface area contributed by atoms with Crippen LogP contribution in [0.2, 0.25) is 0 Å². The van der Waals surface area contributed by atoms with Gasteiger partial charge in [-0.1, -0.05) is 0 Å². The monoisotopic (exact) mass is 222 g/mol. The third-order valence-electron chi connectivity index (χ3n) is 1.87. The quantitative estimate of drug-likeness (QED) is 0.724. The van der Waals surface area contributed by atoms with Crippen molar-refractivity contribution in [1.82, 2.24) is 4.90 Å². The summed E-state index contributed by atoms with van der Waals surface area (Å²) in [6, 6.07) is 0.200. The fourth-order valence-electron chi connectivity index (χ4n) is 1.14. The Morgan fingerprint density at radius 1 is 1.79 bits per heavy atom. The summed E-state index contributed by atoms with van der Waals surface area (Å²) >= 11 is 0. The third-order valence-corrected chi connectivity index (χ3v) is 1.87. The molecule has 5 nitrogen and oxygen atoms in total. The summed E-state index contributed by atoms with van der Waals surface area (Å²) < 4.78 is 4.97. The molecule has 1 aliphatic heterocycles. The van der Waals surface area contributed by atoms with Crippen molar-refractivity contribution in [2.45, 2.75) is 13.0 Å². The summed E-state index contributed by atoms with van der Waals surface area (Å²) in [4.78, 5) is 16.2. The number of carboxylic acids is 1. The van der Waals surface area contributed by atoms with Gasteiger partial charge in [0.1, 0.15) is 6.61 Å². The number of nitrogens with zero attached hydrogens (tertiary/aromatic N) is 2. The minimum Gasteiger partial charge on any atom is -0.480 e. The van der Waals surface area contributed by atoms with Crippen LogP contribution < -0.4 is 0 Å². The van der Waals surface area contributed by atoms with Crippen LogP contribution in [0.15, 0.2) is 4.99 Å². The molecule has 0 saturated carbocycles. The van der Waals surface area contributed by atoms with Gasteiger partial charge in [0.05, 0.1) is 25.5 Å². The first-order valence-electron chi connectivity index (χ1n) is 4.25. The molecule has 1 heterocycles. The summed E-state index contributed by atoms with van der Waals surface area (Å²) in [5, 5.41) is 8.33. The second-order valence-electron chi connectivity index (χ2n) is 3.02. The number of aliphatic imine (C=N–C) groups is 1. The van der Waals surface area contributed by atoms with Crippen molar-refractivity contribution < 1.29 is 14.6 Å². The molecule has 1 rings (SSSR count). The first kappa shape index (κ1) is 13.2. The average Bonchev–Trinajstić information content (AvgIpc) is 2.55. The molecule has 0 aromatic rings. The van der Waals surface area contributed by atoms with Crippen LogP contribution >= 0.6 is 12.4 Å². The molecule has 0 amide bonds. The molecule has 14 heavy (non-hydrogen) atoms. The highest BCUT2D eigenvalue weighted by Crippen LogP contribution is 2.01. The number of ether oxygens (including phenoxy) is 1. The van der Waals surface area contributed by atoms with E-state index in [2.05, 4.69) is 4.99 Å². The van der Waals surface area contributed by atoms with Gasteiger partial charge in [0.15, 0.2) is 0 Å². The Kier molecular flexibility index (Phi) is 6.23. The van der Waals surface area contributed by atoms with E-state index in [1.807, 2.05) is 11.8 Å². The highest BCUT2D eigenvalue weighted by Gasteiger charge is 2.13. The smallest absolute Gasteiger partial charge is 0.329 e. The van der Waals surface area contributed by atoms with Crippen molar-refractivity contribution >= 4 is 24.7 Å². The van der Waals surface area contributed by atoms with Crippen molar-refractivity contribution in [2.24, 2.45) is 4.99 Å². The van der Waals surface area contributed by atoms with Crippen molar-refractivity contribution in [3.63, 3.8) is 0 Å². The predicted octanol–water partition coefficient (Wildman–Crippen LogP) is 0.242. The van der Waals surface area contributed by atoms with Gasteiger partial charge in [-0.2, -0.15) is 0 Å². The van der Waals surface area contributed by atoms with Gasteiger partial charge in [0, 0.05) is 6.54 Å². The van der Waals surface area contributed by atoms with E-state index in [4.69, 9.17) is 9.84 Å². The van der Waals surface area contributed by atoms with E-state index in [0.29, 0.717) is 6.61 Å². The van der Waals surface area contributed by atoms with Gasteiger partial charge in [-0.3, -0.25) is 4.99 Å². The first-order chi connectivity index (χ1) is 6.20. The second kappa shape index (κ2) is 6.62. The Labute approximate surface area is 89.2 Å². The van der Waals surface area contributed by atoms with Crippen LogP contribution in [0.1, 0.15) is 6.92 Å². The van der Waals surface area contributed by atoms with Gasteiger partial charge < -0.3 is 14.7 Å². The van der Waals surface area contributed by atoms with Crippen molar-refractivity contribution in [3.05, 3.63) is 0 Å². The van der Waals surface area contributed by atoms with Crippen molar-refractivity contribution in [2.75, 3.05) is 26.3 Å². The number of rotatable bonds is 5. The number of hydrogen-bond donors (Lipinski definition) is 1. The molecule has 1 unspecified atom stereocenters. The van der Waals surface area contributed by atoms with Gasteiger partial charge in [-0.15, -0.1) is 12.4 Å². The van der Waals surface area contributed by atoms with E-state index in [-0.39, 0.29) is 25.1 Å². The normalized spacial score (nSPS) is 16.5. The van der Waals surface area contributed by atoms with E-state index < -0.39 is 5.97 Å². The highest BCUT2D eigenvalue weighted by molar-refractivity contribution is 5.85. The van der Waals surface area contributed by atoms with E-state index in [1.165, 1.54) is 0 Å². The molecule has 0 radical (unpaired) electrons. The molecule has 0 fully saturated rings. The molecule has 1 aliphatic rings. The van der Waals surface area contributed by atoms with Crippen LogP contribution in [0.3, 0.4) is 0 Å². The average molecular weight is 223 g/mol. The molecule has 0 aromatic carbocycles. The van der Waals surface area contributed by atoms with E-state index in [9.17, 15) is 4.79 Å². The molecular formula is C8H15ClN2O3. The summed E-state index contributed by atoms with van der Waals surface area (Å²) in [5.41, 5.74) is 0. The van der Waals surface area contributed by atoms with Gasteiger partial charge in [-0.05, 0) is 6.92 Å². The largest absolute Gasteiger partial charge is 0.480 e. The Morgan fingerprint density at radius 3 is 3.00 bits per heavy atom. The van der Waals surface area contributed by atoms with Crippen LogP contribution in [-0.4, -0.2) is 54.7 Å². The summed E-state index contributed by atoms with van der Waals surface area (Å²) in [7, 11) is 0. The SMILES string of the molecule is CC(COCC(=O)O)N1C=NCC1.Cl. The van der Waals surface area contributed by atoms with Crippen molar-refractivity contribution in [3.8, 4) is 0 Å². The lowest BCUT2D eigenvalue weighted by Gasteiger charge is -2.22. The Hall–Kier alpha value is -0.810. The molecular weight excluding hydrogens is 208 g/mol. The lowest BCUT2D eigenvalue weighted by atomic mass is 10.3. The molecule has 6 heteroatoms. The van der Waals surface area contributed by atoms with Gasteiger partial charge in [-0.25, -0.2) is 4.79 Å². The van der Waals surface area contributed by atoms with E-state index >= 15 is 0 Å². The van der Waals surface area contributed by atoms with Crippen LogP contribution in [0.4, 0.5) is 0 Å². The molecule has 0 aliphatic carbocycles. The van der Waals surface area contributed by atoms with Crippen LogP contribution in [0.5, 0.6) is 0 Å². The molecule has 1 N–H and O–H groups in total. The fourth-order valence-corrected chi connectivity index (χ4v) is 1.14. The lowest BCUT2D eigenvalue weighted by Crippen LogP contribution is -2.34. The van der Waals surface area contributed by atoms with E-state index in [0.717, 1.165) is 13.1 Å². The lowest BCUT2D eigenvalue weighted by molar-refractivity contribution is -0.142. The van der Waals surface area contributed by atoms with Gasteiger partial charge in [0.2, 0.25) is 0 Å². The van der Waals surface area contributed by atoms with Crippen LogP contribution in [-0.2, 0) is 9.53 Å². The standard InChI is InChI=1S/C8H14N2O3.ClH/c1-7(4-13-5-8(11)12)10-3-2-9-6-10;/h6-7H,2-5H2,1H3,(H,11,12);1H. The second-order valence-corrected chi connectivity index (χ2v) is 3.02. The maximum atomic E-state index is 10.1. The molecule has 0 bridgehead atoms. The number of carbonyl (C=O) groups is 1. The summed E-state index contributed by atoms with van der Waals surface area (Å²) in [6.45, 7) is 3.91. The van der Waals surface area contributed by atoms with Crippen LogP contribution in [0.25, 0.3) is 0 Å². The Morgan fingerprint density at radius 2 is 2.50 bits per heavy atom. The third kappa shape index (κ3) is 4.43. The molecule has 1 atom stereocenters. The van der Waals surface area contributed by atoms with Crippen molar-refractivity contribution in [1.29, 1.82) is 0 Å². The molecule has 82 valence electrons. The molecule has 0 saturated heterocycles. The van der Waals surface area contributed by atoms with Crippen LogP contribution in [0, 0.1) is 0 Å². The Balaban J connectivity index is 0.00000169. The Bertz CT molecular complexity index is 211. The first-order valence-corrected chi connectivity index (χ1v) is 4.25. The molecule has 0 spiro atoms. The minimum atomic E-state index is -0.928. The fraction of sp³-hybridized carbons (Fsp3) is 0.750. The van der Waals surface area contributed by atoms with Gasteiger partial charge >= 0.3 is 5.97 Å². The highest BCUT2D eigenvalue weighted by atomic mass is 35.5. The maximum absolute atomic E-state index is 10.1. The number of halogens is 1. The summed E-state index contributed by atoms with van der Waals surface area (Å²) in [6.07, 6.45) is 1.79. The number of carboxylic acid groups (broad SMARTS) is 1. The number of hydrogen-bond acceptors (Lipinski definition) is 4. The zero-order valence-electron chi connectivity index (χ0n) is 8.05. The summed E-state index contributed by atoms with van der Waals surface area (Å²) in [5.74, 6) is -0.928. The zero-order chi connectivity index (χ0) is 9.68. The minimum absolute atomic E-state index is 0. The maximum Gasteiger partial charge on any atom is 0.329 e. The molecule has 0 aromatic heterocycles. The topological polar surface area (TPSA) is 62.1 Å². The van der Waals surface area contributed by atoms with Gasteiger partial charge in [0.25, 0.3) is 0 Å². The predicted molar refractivity (Wildman–Crippen MR) is 55.2 cm³/mol. The zero-order valence-corrected chi connectivity index (χ0v) is 8.87. The number of aliphatic carboxylic acids is 1.